The third-order valence-corrected chi connectivity index (χ3v) is 3.54. The number of carboxylic acid groups (broad SMARTS) is 1. The molecule has 0 amide bonds. The fourth-order valence-corrected chi connectivity index (χ4v) is 2.61. The summed E-state index contributed by atoms with van der Waals surface area (Å²) in [5.41, 5.74) is 1.05. The molecule has 0 unspecified atom stereocenters. The van der Waals surface area contributed by atoms with Crippen LogP contribution < -0.4 is 0 Å². The van der Waals surface area contributed by atoms with Gasteiger partial charge in [0.15, 0.2) is 0 Å². The van der Waals surface area contributed by atoms with Gasteiger partial charge in [0.25, 0.3) is 0 Å². The number of halogens is 1. The number of likely N-dealkylation sites (tertiary alicyclic amines) is 1. The summed E-state index contributed by atoms with van der Waals surface area (Å²) in [4.78, 5) is 13.4. The highest BCUT2D eigenvalue weighted by molar-refractivity contribution is 5.85. The van der Waals surface area contributed by atoms with E-state index in [0.717, 1.165) is 37.4 Å². The number of rotatable bonds is 5. The molecule has 2 rings (SSSR count). The standard InChI is InChI=1S/C15H23NO3.ClH/c1-11(2)8-13-12(9-14(19-13)15(17)18)10-16-6-4-3-5-7-16;/h9,11H,3-8,10H2,1-2H3,(H,17,18);1H. The van der Waals surface area contributed by atoms with Crippen LogP contribution in [-0.2, 0) is 13.0 Å². The molecule has 5 heteroatoms. The smallest absolute Gasteiger partial charge is 0.371 e. The SMILES string of the molecule is CC(C)Cc1oc(C(=O)O)cc1CN1CCCCC1.Cl. The predicted molar refractivity (Wildman–Crippen MR) is 80.6 cm³/mol. The molecular weight excluding hydrogens is 278 g/mol. The Kier molecular flexibility index (Phi) is 6.56. The second-order valence-electron chi connectivity index (χ2n) is 5.80. The number of piperidine rings is 1. The molecule has 114 valence electrons. The first-order chi connectivity index (χ1) is 9.06. The molecule has 0 aromatic carbocycles. The van der Waals surface area contributed by atoms with Gasteiger partial charge >= 0.3 is 5.97 Å². The summed E-state index contributed by atoms with van der Waals surface area (Å²) in [6.45, 7) is 7.27. The van der Waals surface area contributed by atoms with E-state index < -0.39 is 5.97 Å². The van der Waals surface area contributed by atoms with Gasteiger partial charge in [0.05, 0.1) is 0 Å². The van der Waals surface area contributed by atoms with Gasteiger partial charge in [-0.3, -0.25) is 4.90 Å². The molecule has 1 aliphatic heterocycles. The van der Waals surface area contributed by atoms with Crippen molar-refractivity contribution in [2.75, 3.05) is 13.1 Å². The van der Waals surface area contributed by atoms with E-state index in [9.17, 15) is 4.79 Å². The van der Waals surface area contributed by atoms with Crippen molar-refractivity contribution in [3.8, 4) is 0 Å². The Bertz CT molecular complexity index is 436. The maximum atomic E-state index is 11.0. The van der Waals surface area contributed by atoms with Crippen molar-refractivity contribution in [3.05, 3.63) is 23.2 Å². The van der Waals surface area contributed by atoms with Crippen LogP contribution in [0.15, 0.2) is 10.5 Å². The van der Waals surface area contributed by atoms with E-state index in [1.165, 1.54) is 19.3 Å². The van der Waals surface area contributed by atoms with Gasteiger partial charge in [-0.25, -0.2) is 4.79 Å². The highest BCUT2D eigenvalue weighted by Crippen LogP contribution is 2.22. The molecule has 2 heterocycles. The fraction of sp³-hybridized carbons (Fsp3) is 0.667. The summed E-state index contributed by atoms with van der Waals surface area (Å²) >= 11 is 0. The van der Waals surface area contributed by atoms with Gasteiger partial charge in [0.2, 0.25) is 5.76 Å². The molecule has 0 aliphatic carbocycles. The molecule has 0 spiro atoms. The molecule has 1 aromatic rings. The zero-order valence-corrected chi connectivity index (χ0v) is 13.0. The lowest BCUT2D eigenvalue weighted by molar-refractivity contribution is 0.0660. The van der Waals surface area contributed by atoms with E-state index in [0.29, 0.717) is 5.92 Å². The number of nitrogens with zero attached hydrogens (tertiary/aromatic N) is 1. The number of carboxylic acids is 1. The number of aromatic carboxylic acids is 1. The van der Waals surface area contributed by atoms with E-state index >= 15 is 0 Å². The molecule has 0 saturated carbocycles. The van der Waals surface area contributed by atoms with Gasteiger partial charge in [-0.2, -0.15) is 0 Å². The lowest BCUT2D eigenvalue weighted by atomic mass is 10.0. The first-order valence-corrected chi connectivity index (χ1v) is 7.13. The third-order valence-electron chi connectivity index (χ3n) is 3.54. The van der Waals surface area contributed by atoms with Crippen LogP contribution in [0.5, 0.6) is 0 Å². The molecular formula is C15H24ClNO3. The Morgan fingerprint density at radius 1 is 1.35 bits per heavy atom. The second-order valence-corrected chi connectivity index (χ2v) is 5.80. The van der Waals surface area contributed by atoms with Crippen LogP contribution in [0.25, 0.3) is 0 Å². The van der Waals surface area contributed by atoms with Crippen molar-refractivity contribution in [1.82, 2.24) is 4.90 Å². The Hall–Kier alpha value is -1.00. The topological polar surface area (TPSA) is 53.7 Å². The number of carbonyl (C=O) groups is 1. The van der Waals surface area contributed by atoms with Crippen molar-refractivity contribution in [2.24, 2.45) is 5.92 Å². The number of hydrogen-bond acceptors (Lipinski definition) is 3. The van der Waals surface area contributed by atoms with Crippen LogP contribution in [0.2, 0.25) is 0 Å². The molecule has 1 saturated heterocycles. The highest BCUT2D eigenvalue weighted by atomic mass is 35.5. The van der Waals surface area contributed by atoms with Gasteiger partial charge in [-0.15, -0.1) is 12.4 Å². The molecule has 0 bridgehead atoms. The Balaban J connectivity index is 0.00000200. The summed E-state index contributed by atoms with van der Waals surface area (Å²) in [5, 5.41) is 9.06. The van der Waals surface area contributed by atoms with E-state index in [1.54, 1.807) is 6.07 Å². The minimum Gasteiger partial charge on any atom is -0.475 e. The van der Waals surface area contributed by atoms with Gasteiger partial charge in [-0.05, 0) is 37.9 Å². The lowest BCUT2D eigenvalue weighted by Gasteiger charge is -2.26. The van der Waals surface area contributed by atoms with E-state index in [-0.39, 0.29) is 18.2 Å². The van der Waals surface area contributed by atoms with Crippen molar-refractivity contribution in [1.29, 1.82) is 0 Å². The summed E-state index contributed by atoms with van der Waals surface area (Å²) in [6, 6.07) is 1.70. The van der Waals surface area contributed by atoms with Crippen LogP contribution in [0, 0.1) is 5.92 Å². The van der Waals surface area contributed by atoms with Crippen LogP contribution >= 0.6 is 12.4 Å². The van der Waals surface area contributed by atoms with Crippen molar-refractivity contribution < 1.29 is 14.3 Å². The summed E-state index contributed by atoms with van der Waals surface area (Å²) in [6.07, 6.45) is 4.59. The summed E-state index contributed by atoms with van der Waals surface area (Å²) in [7, 11) is 0. The number of furan rings is 1. The van der Waals surface area contributed by atoms with Crippen molar-refractivity contribution >= 4 is 18.4 Å². The molecule has 1 N–H and O–H groups in total. The Morgan fingerprint density at radius 2 is 2.00 bits per heavy atom. The van der Waals surface area contributed by atoms with Crippen LogP contribution in [-0.4, -0.2) is 29.1 Å². The maximum absolute atomic E-state index is 11.0. The Labute approximate surface area is 126 Å². The van der Waals surface area contributed by atoms with E-state index in [2.05, 4.69) is 18.7 Å². The fourth-order valence-electron chi connectivity index (χ4n) is 2.61. The van der Waals surface area contributed by atoms with Crippen molar-refractivity contribution in [3.63, 3.8) is 0 Å². The largest absolute Gasteiger partial charge is 0.475 e. The molecule has 1 aromatic heterocycles. The molecule has 1 fully saturated rings. The first kappa shape index (κ1) is 17.1. The average Bonchev–Trinajstić information content (AvgIpc) is 2.73. The molecule has 20 heavy (non-hydrogen) atoms. The van der Waals surface area contributed by atoms with E-state index in [4.69, 9.17) is 9.52 Å². The normalized spacial score (nSPS) is 16.1. The number of hydrogen-bond donors (Lipinski definition) is 1. The summed E-state index contributed by atoms with van der Waals surface area (Å²) < 4.78 is 5.50. The van der Waals surface area contributed by atoms with E-state index in [1.807, 2.05) is 0 Å². The molecule has 4 nitrogen and oxygen atoms in total. The monoisotopic (exact) mass is 301 g/mol. The quantitative estimate of drug-likeness (QED) is 0.903. The highest BCUT2D eigenvalue weighted by Gasteiger charge is 2.19. The molecule has 0 radical (unpaired) electrons. The molecule has 1 aliphatic rings. The average molecular weight is 302 g/mol. The van der Waals surface area contributed by atoms with Crippen LogP contribution in [0.1, 0.15) is 55.0 Å². The van der Waals surface area contributed by atoms with Crippen LogP contribution in [0.3, 0.4) is 0 Å². The van der Waals surface area contributed by atoms with Crippen LogP contribution in [0.4, 0.5) is 0 Å². The maximum Gasteiger partial charge on any atom is 0.371 e. The molecule has 0 atom stereocenters. The van der Waals surface area contributed by atoms with Gasteiger partial charge < -0.3 is 9.52 Å². The zero-order chi connectivity index (χ0) is 13.8. The summed E-state index contributed by atoms with van der Waals surface area (Å²) in [5.74, 6) is 0.406. The van der Waals surface area contributed by atoms with Gasteiger partial charge in [-0.1, -0.05) is 20.3 Å². The van der Waals surface area contributed by atoms with Crippen molar-refractivity contribution in [2.45, 2.75) is 46.1 Å². The van der Waals surface area contributed by atoms with Gasteiger partial charge in [0, 0.05) is 18.5 Å². The lowest BCUT2D eigenvalue weighted by Crippen LogP contribution is -2.29. The Morgan fingerprint density at radius 3 is 2.55 bits per heavy atom. The minimum atomic E-state index is -0.977. The second kappa shape index (κ2) is 7.70. The first-order valence-electron chi connectivity index (χ1n) is 7.13. The van der Waals surface area contributed by atoms with Gasteiger partial charge in [0.1, 0.15) is 5.76 Å². The minimum absolute atomic E-state index is 0. The predicted octanol–water partition coefficient (Wildman–Crippen LogP) is 3.58. The third kappa shape index (κ3) is 4.53. The zero-order valence-electron chi connectivity index (χ0n) is 12.2.